The van der Waals surface area contributed by atoms with Gasteiger partial charge in [0, 0.05) is 67.0 Å². The Morgan fingerprint density at radius 3 is 2.98 bits per heavy atom. The summed E-state index contributed by atoms with van der Waals surface area (Å²) in [7, 11) is 0. The van der Waals surface area contributed by atoms with Gasteiger partial charge in [-0.05, 0) is 37.4 Å². The standard InChI is InChI=1S/C33H33ClF2N8O3/c34-24-9-25-22(13-39-42-25)27-21(24)3-2-20-11-37-26(47-20)8-18-14-43(6-7-45-16-18)31-23-12-38-30(27)28(36)29(23)40-32(41-31)46-17-33-4-1-5-44(33)15-19(35)10-33/h9,11-13,18-19H,1-8,10,14-17H2,(H,39,42)/t18-,19-,33+/m1/s1. The van der Waals surface area contributed by atoms with Crippen LogP contribution in [0.25, 0.3) is 33.1 Å². The van der Waals surface area contributed by atoms with Crippen molar-refractivity contribution < 1.29 is 22.7 Å². The van der Waals surface area contributed by atoms with Crippen molar-refractivity contribution in [1.82, 2.24) is 35.0 Å². The maximum atomic E-state index is 17.1. The highest BCUT2D eigenvalue weighted by Crippen LogP contribution is 2.42. The van der Waals surface area contributed by atoms with Crippen LogP contribution in [0, 0.1) is 11.7 Å². The molecule has 0 aliphatic carbocycles. The number of ether oxygens (including phenoxy) is 2. The van der Waals surface area contributed by atoms with Gasteiger partial charge in [0.2, 0.25) is 0 Å². The van der Waals surface area contributed by atoms with Crippen molar-refractivity contribution in [1.29, 1.82) is 0 Å². The third-order valence-corrected chi connectivity index (χ3v) is 10.6. The minimum atomic E-state index is -0.898. The van der Waals surface area contributed by atoms with Crippen molar-refractivity contribution >= 4 is 39.2 Å². The molecule has 0 amide bonds. The second kappa shape index (κ2) is 11.3. The van der Waals surface area contributed by atoms with Gasteiger partial charge >= 0.3 is 6.01 Å². The van der Waals surface area contributed by atoms with Gasteiger partial charge in [0.25, 0.3) is 0 Å². The normalized spacial score (nSPS) is 24.7. The molecule has 3 saturated heterocycles. The first kappa shape index (κ1) is 29.2. The van der Waals surface area contributed by atoms with E-state index in [1.807, 2.05) is 0 Å². The molecule has 14 heteroatoms. The molecule has 3 fully saturated rings. The molecule has 5 aliphatic heterocycles. The van der Waals surface area contributed by atoms with E-state index in [4.69, 9.17) is 35.5 Å². The van der Waals surface area contributed by atoms with Gasteiger partial charge in [-0.15, -0.1) is 0 Å². The van der Waals surface area contributed by atoms with E-state index >= 15 is 4.39 Å². The molecular formula is C33H33ClF2N8O3. The molecule has 0 spiro atoms. The number of anilines is 1. The van der Waals surface area contributed by atoms with E-state index in [9.17, 15) is 4.39 Å². The first-order valence-corrected chi connectivity index (χ1v) is 16.6. The lowest BCUT2D eigenvalue weighted by atomic mass is 9.95. The van der Waals surface area contributed by atoms with Crippen LogP contribution in [0.2, 0.25) is 5.02 Å². The number of hydrogen-bond donors (Lipinski definition) is 1. The molecule has 8 bridgehead atoms. The van der Waals surface area contributed by atoms with E-state index in [2.05, 4.69) is 30.0 Å². The molecule has 0 radical (unpaired) electrons. The van der Waals surface area contributed by atoms with Gasteiger partial charge in [-0.3, -0.25) is 15.0 Å². The van der Waals surface area contributed by atoms with Gasteiger partial charge in [0.15, 0.2) is 11.7 Å². The number of halogens is 3. The van der Waals surface area contributed by atoms with Gasteiger partial charge in [-0.2, -0.15) is 15.1 Å². The minimum absolute atomic E-state index is 0.0406. The Balaban J connectivity index is 1.23. The SMILES string of the molecule is Fc1c2ncc3c(nc(OC[C@@]45CCCN4C[C@H](F)C5)nc13)N1CCOC[C@H](Cc3ncc(o3)CCc3c(Cl)cc4[nH]ncc4c3-2)C1. The van der Waals surface area contributed by atoms with Crippen molar-refractivity contribution in [3.63, 3.8) is 0 Å². The lowest BCUT2D eigenvalue weighted by Crippen LogP contribution is -2.43. The highest BCUT2D eigenvalue weighted by Gasteiger charge is 2.49. The number of nitrogens with one attached hydrogen (secondary N) is 1. The molecule has 0 saturated carbocycles. The number of rotatable bonds is 3. The Hall–Kier alpha value is -3.94. The molecule has 0 unspecified atom stereocenters. The Morgan fingerprint density at radius 2 is 2.04 bits per heavy atom. The third kappa shape index (κ3) is 5.01. The number of aromatic nitrogens is 6. The number of fused-ring (bicyclic) bond motifs is 4. The molecule has 4 aromatic heterocycles. The summed E-state index contributed by atoms with van der Waals surface area (Å²) in [5.41, 5.74) is 1.72. The zero-order chi connectivity index (χ0) is 31.7. The fraction of sp³-hybridized carbons (Fsp3) is 0.485. The van der Waals surface area contributed by atoms with Crippen LogP contribution in [0.4, 0.5) is 14.6 Å². The number of aromatic amines is 1. The van der Waals surface area contributed by atoms with Gasteiger partial charge < -0.3 is 18.8 Å². The fourth-order valence-corrected chi connectivity index (χ4v) is 8.31. The maximum Gasteiger partial charge on any atom is 0.319 e. The summed E-state index contributed by atoms with van der Waals surface area (Å²) < 4.78 is 50.1. The zero-order valence-electron chi connectivity index (χ0n) is 25.6. The van der Waals surface area contributed by atoms with E-state index in [0.717, 1.165) is 24.9 Å². The molecule has 5 aliphatic rings. The first-order chi connectivity index (χ1) is 22.9. The van der Waals surface area contributed by atoms with E-state index in [-0.39, 0.29) is 29.7 Å². The second-order valence-corrected chi connectivity index (χ2v) is 13.6. The van der Waals surface area contributed by atoms with Crippen molar-refractivity contribution in [3.05, 3.63) is 52.7 Å². The Kier molecular flexibility index (Phi) is 7.05. The summed E-state index contributed by atoms with van der Waals surface area (Å²) in [5.74, 6) is 1.29. The number of H-pyrrole nitrogens is 1. The highest BCUT2D eigenvalue weighted by molar-refractivity contribution is 6.33. The van der Waals surface area contributed by atoms with E-state index in [0.29, 0.717) is 103 Å². The van der Waals surface area contributed by atoms with Gasteiger partial charge in [-0.25, -0.2) is 13.8 Å². The topological polar surface area (TPSA) is 118 Å². The maximum absolute atomic E-state index is 17.1. The predicted octanol–water partition coefficient (Wildman–Crippen LogP) is 5.10. The van der Waals surface area contributed by atoms with Crippen LogP contribution in [-0.4, -0.2) is 92.7 Å². The largest absolute Gasteiger partial charge is 0.461 e. The highest BCUT2D eigenvalue weighted by atomic mass is 35.5. The molecule has 1 N–H and O–H groups in total. The van der Waals surface area contributed by atoms with Crippen LogP contribution in [0.5, 0.6) is 6.01 Å². The summed E-state index contributed by atoms with van der Waals surface area (Å²) in [6, 6.07) is 1.85. The van der Waals surface area contributed by atoms with E-state index in [1.165, 1.54) is 0 Å². The molecule has 9 heterocycles. The molecule has 3 atom stereocenters. The number of oxazole rings is 1. The molecule has 5 aromatic rings. The molecule has 47 heavy (non-hydrogen) atoms. The molecule has 1 aromatic carbocycles. The second-order valence-electron chi connectivity index (χ2n) is 13.2. The fourth-order valence-electron chi connectivity index (χ4n) is 8.01. The smallest absolute Gasteiger partial charge is 0.319 e. The monoisotopic (exact) mass is 662 g/mol. The van der Waals surface area contributed by atoms with Gasteiger partial charge in [-0.1, -0.05) is 11.6 Å². The molecular weight excluding hydrogens is 630 g/mol. The van der Waals surface area contributed by atoms with Crippen LogP contribution in [0.3, 0.4) is 0 Å². The number of pyridine rings is 1. The Morgan fingerprint density at radius 1 is 1.11 bits per heavy atom. The number of nitrogens with zero attached hydrogens (tertiary/aromatic N) is 7. The van der Waals surface area contributed by atoms with Crippen LogP contribution >= 0.6 is 11.6 Å². The summed E-state index contributed by atoms with van der Waals surface area (Å²) >= 11 is 6.87. The van der Waals surface area contributed by atoms with Gasteiger partial charge in [0.1, 0.15) is 35.6 Å². The number of benzene rings is 1. The lowest BCUT2D eigenvalue weighted by Gasteiger charge is -2.31. The average Bonchev–Trinajstić information content (AvgIpc) is 3.81. The Labute approximate surface area is 273 Å². The summed E-state index contributed by atoms with van der Waals surface area (Å²) in [5, 5.41) is 8.80. The number of aryl methyl sites for hydroxylation is 1. The Bertz CT molecular complexity index is 2000. The van der Waals surface area contributed by atoms with Crippen molar-refractivity contribution in [3.8, 4) is 17.3 Å². The average molecular weight is 663 g/mol. The number of alkyl halides is 1. The lowest BCUT2D eigenvalue weighted by molar-refractivity contribution is 0.107. The summed E-state index contributed by atoms with van der Waals surface area (Å²) in [6.07, 6.45) is 7.90. The van der Waals surface area contributed by atoms with Crippen molar-refractivity contribution in [2.24, 2.45) is 5.92 Å². The summed E-state index contributed by atoms with van der Waals surface area (Å²) in [6.45, 7) is 3.54. The van der Waals surface area contributed by atoms with Crippen molar-refractivity contribution in [2.75, 3.05) is 50.9 Å². The summed E-state index contributed by atoms with van der Waals surface area (Å²) in [4.78, 5) is 23.1. The predicted molar refractivity (Wildman–Crippen MR) is 170 cm³/mol. The number of hydrogen-bond acceptors (Lipinski definition) is 10. The minimum Gasteiger partial charge on any atom is -0.461 e. The van der Waals surface area contributed by atoms with Gasteiger partial charge in [0.05, 0.1) is 42.0 Å². The van der Waals surface area contributed by atoms with Crippen LogP contribution < -0.4 is 9.64 Å². The van der Waals surface area contributed by atoms with E-state index in [1.54, 1.807) is 24.7 Å². The first-order valence-electron chi connectivity index (χ1n) is 16.2. The van der Waals surface area contributed by atoms with Crippen LogP contribution in [0.15, 0.2) is 29.1 Å². The van der Waals surface area contributed by atoms with Crippen LogP contribution in [-0.2, 0) is 24.0 Å². The molecule has 244 valence electrons. The zero-order valence-corrected chi connectivity index (χ0v) is 26.4. The molecule has 11 nitrogen and oxygen atoms in total. The third-order valence-electron chi connectivity index (χ3n) is 10.2. The molecule has 10 rings (SSSR count). The van der Waals surface area contributed by atoms with Crippen molar-refractivity contribution in [2.45, 2.75) is 50.2 Å². The quantitative estimate of drug-likeness (QED) is 0.280. The van der Waals surface area contributed by atoms with Crippen LogP contribution in [0.1, 0.15) is 36.5 Å². The van der Waals surface area contributed by atoms with E-state index < -0.39 is 17.5 Å².